The van der Waals surface area contributed by atoms with Gasteiger partial charge < -0.3 is 15.4 Å². The average molecular weight is 510 g/mol. The van der Waals surface area contributed by atoms with E-state index in [9.17, 15) is 27.9 Å². The van der Waals surface area contributed by atoms with E-state index in [0.29, 0.717) is 10.9 Å². The largest absolute Gasteiger partial charge is 0.476 e. The Kier molecular flexibility index (Phi) is 6.35. The lowest BCUT2D eigenvalue weighted by atomic mass is 9.80. The molecule has 3 N–H and O–H groups in total. The summed E-state index contributed by atoms with van der Waals surface area (Å²) in [6.07, 6.45) is -2.00. The molecule has 0 saturated heterocycles. The summed E-state index contributed by atoms with van der Waals surface area (Å²) >= 11 is 0. The Labute approximate surface area is 211 Å². The van der Waals surface area contributed by atoms with Crippen molar-refractivity contribution in [3.63, 3.8) is 0 Å². The second-order valence-corrected chi connectivity index (χ2v) is 10.0. The maximum absolute atomic E-state index is 13.7. The van der Waals surface area contributed by atoms with Gasteiger partial charge in [0.15, 0.2) is 11.2 Å². The minimum absolute atomic E-state index is 0.0209. The van der Waals surface area contributed by atoms with Crippen molar-refractivity contribution in [2.45, 2.75) is 44.3 Å². The van der Waals surface area contributed by atoms with Gasteiger partial charge in [0.1, 0.15) is 0 Å². The zero-order chi connectivity index (χ0) is 27.2. The van der Waals surface area contributed by atoms with Crippen LogP contribution in [-0.2, 0) is 28.3 Å². The van der Waals surface area contributed by atoms with E-state index < -0.39 is 29.2 Å². The summed E-state index contributed by atoms with van der Waals surface area (Å²) in [6, 6.07) is 14.9. The van der Waals surface area contributed by atoms with Gasteiger partial charge in [0.25, 0.3) is 0 Å². The summed E-state index contributed by atoms with van der Waals surface area (Å²) in [5.74, 6) is -2.29. The van der Waals surface area contributed by atoms with E-state index in [4.69, 9.17) is 5.73 Å². The third-order valence-electron chi connectivity index (χ3n) is 6.57. The number of fused-ring (bicyclic) bond motifs is 1. The molecule has 4 aromatic rings. The number of aromatic nitrogens is 2. The van der Waals surface area contributed by atoms with Gasteiger partial charge in [-0.25, -0.2) is 9.78 Å². The van der Waals surface area contributed by atoms with Crippen LogP contribution in [0.5, 0.6) is 0 Å². The van der Waals surface area contributed by atoms with E-state index in [1.165, 1.54) is 29.1 Å². The number of hydrogen-bond acceptors (Lipinski definition) is 3. The van der Waals surface area contributed by atoms with Crippen LogP contribution >= 0.6 is 0 Å². The standard InChI is InChI=1S/C28H26F3N3O3/c1-26(2,3)19-9-7-17(8-10-19)16-27(25(32)37,20-5-4-6-21(15-20)28(29,30)31)34-14-12-18-11-13-33-22(23(18)34)24(35)36/h4-15H,16H2,1-3H3,(H2,32,37)(H,35,36). The number of nitrogens with two attached hydrogens (primary N) is 1. The number of halogens is 3. The minimum atomic E-state index is -4.67. The Morgan fingerprint density at radius 3 is 2.16 bits per heavy atom. The number of amides is 1. The first-order valence-electron chi connectivity index (χ1n) is 11.5. The molecule has 2 heterocycles. The van der Waals surface area contributed by atoms with E-state index in [0.717, 1.165) is 17.7 Å². The topological polar surface area (TPSA) is 98.2 Å². The molecule has 0 spiro atoms. The zero-order valence-electron chi connectivity index (χ0n) is 20.5. The highest BCUT2D eigenvalue weighted by atomic mass is 19.4. The minimum Gasteiger partial charge on any atom is -0.476 e. The molecule has 2 aromatic heterocycles. The molecule has 0 aliphatic carbocycles. The third kappa shape index (κ3) is 4.69. The lowest BCUT2D eigenvalue weighted by Gasteiger charge is -2.35. The fourth-order valence-electron chi connectivity index (χ4n) is 4.61. The first-order valence-corrected chi connectivity index (χ1v) is 11.5. The number of primary amides is 1. The van der Waals surface area contributed by atoms with Gasteiger partial charge in [-0.3, -0.25) is 4.79 Å². The molecular weight excluding hydrogens is 483 g/mol. The van der Waals surface area contributed by atoms with Gasteiger partial charge in [0.05, 0.1) is 11.1 Å². The maximum atomic E-state index is 13.7. The van der Waals surface area contributed by atoms with Crippen molar-refractivity contribution in [3.8, 4) is 0 Å². The Balaban J connectivity index is 2.04. The van der Waals surface area contributed by atoms with Gasteiger partial charge in [-0.1, -0.05) is 57.2 Å². The summed E-state index contributed by atoms with van der Waals surface area (Å²) in [7, 11) is 0. The summed E-state index contributed by atoms with van der Waals surface area (Å²) in [6.45, 7) is 6.14. The summed E-state index contributed by atoms with van der Waals surface area (Å²) in [4.78, 5) is 29.4. The highest BCUT2D eigenvalue weighted by Crippen LogP contribution is 2.38. The van der Waals surface area contributed by atoms with Crippen LogP contribution in [0.1, 0.15) is 53.5 Å². The van der Waals surface area contributed by atoms with Crippen LogP contribution in [0.3, 0.4) is 0 Å². The number of carboxylic acids is 1. The van der Waals surface area contributed by atoms with Crippen LogP contribution in [-0.4, -0.2) is 26.5 Å². The highest BCUT2D eigenvalue weighted by Gasteiger charge is 2.44. The molecule has 1 amide bonds. The SMILES string of the molecule is CC(C)(C)c1ccc(CC(C(N)=O)(c2cccc(C(F)(F)F)c2)n2ccc3ccnc(C(=O)O)c32)cc1. The fourth-order valence-corrected chi connectivity index (χ4v) is 4.61. The van der Waals surface area contributed by atoms with Crippen LogP contribution in [0, 0.1) is 0 Å². The lowest BCUT2D eigenvalue weighted by molar-refractivity contribution is -0.138. The Hall–Kier alpha value is -4.14. The van der Waals surface area contributed by atoms with E-state index in [2.05, 4.69) is 4.98 Å². The number of hydrogen-bond donors (Lipinski definition) is 2. The molecule has 0 aliphatic rings. The number of carbonyl (C=O) groups is 2. The molecule has 0 aliphatic heterocycles. The number of rotatable bonds is 6. The van der Waals surface area contributed by atoms with Gasteiger partial charge >= 0.3 is 12.1 Å². The number of aromatic carboxylic acids is 1. The number of nitrogens with zero attached hydrogens (tertiary/aromatic N) is 2. The second-order valence-electron chi connectivity index (χ2n) is 10.0. The van der Waals surface area contributed by atoms with Gasteiger partial charge in [-0.2, -0.15) is 13.2 Å². The van der Waals surface area contributed by atoms with Gasteiger partial charge in [0.2, 0.25) is 5.91 Å². The van der Waals surface area contributed by atoms with Crippen molar-refractivity contribution in [2.75, 3.05) is 0 Å². The highest BCUT2D eigenvalue weighted by molar-refractivity contribution is 6.01. The zero-order valence-corrected chi connectivity index (χ0v) is 20.5. The number of carbonyl (C=O) groups excluding carboxylic acids is 1. The predicted octanol–water partition coefficient (Wildman–Crippen LogP) is 5.52. The maximum Gasteiger partial charge on any atom is 0.416 e. The number of pyridine rings is 1. The summed E-state index contributed by atoms with van der Waals surface area (Å²) in [5.41, 5.74) is 4.41. The van der Waals surface area contributed by atoms with Gasteiger partial charge in [0, 0.05) is 24.2 Å². The molecule has 0 fully saturated rings. The summed E-state index contributed by atoms with van der Waals surface area (Å²) in [5, 5.41) is 10.3. The molecule has 1 atom stereocenters. The van der Waals surface area contributed by atoms with E-state index in [1.54, 1.807) is 24.3 Å². The molecule has 0 bridgehead atoms. The lowest BCUT2D eigenvalue weighted by Crippen LogP contribution is -2.49. The number of benzene rings is 2. The van der Waals surface area contributed by atoms with Crippen molar-refractivity contribution in [1.82, 2.24) is 9.55 Å². The average Bonchev–Trinajstić information content (AvgIpc) is 3.26. The van der Waals surface area contributed by atoms with Crippen molar-refractivity contribution in [3.05, 3.63) is 101 Å². The number of carboxylic acid groups (broad SMARTS) is 1. The van der Waals surface area contributed by atoms with Crippen LogP contribution in [0.4, 0.5) is 13.2 Å². The molecule has 37 heavy (non-hydrogen) atoms. The van der Waals surface area contributed by atoms with Crippen molar-refractivity contribution >= 4 is 22.8 Å². The van der Waals surface area contributed by atoms with Crippen LogP contribution in [0.2, 0.25) is 0 Å². The Bertz CT molecular complexity index is 1480. The molecule has 4 rings (SSSR count). The second kappa shape index (κ2) is 9.06. The normalized spacial score (nSPS) is 13.9. The molecule has 192 valence electrons. The number of alkyl halides is 3. The van der Waals surface area contributed by atoms with Crippen LogP contribution in [0.25, 0.3) is 10.9 Å². The van der Waals surface area contributed by atoms with Crippen LogP contribution < -0.4 is 5.73 Å². The van der Waals surface area contributed by atoms with E-state index >= 15 is 0 Å². The molecule has 0 saturated carbocycles. The first-order chi connectivity index (χ1) is 17.2. The molecular formula is C28H26F3N3O3. The van der Waals surface area contributed by atoms with Crippen molar-refractivity contribution < 1.29 is 27.9 Å². The van der Waals surface area contributed by atoms with Crippen molar-refractivity contribution in [2.24, 2.45) is 5.73 Å². The predicted molar refractivity (Wildman–Crippen MR) is 133 cm³/mol. The molecule has 6 nitrogen and oxygen atoms in total. The van der Waals surface area contributed by atoms with Crippen LogP contribution in [0.15, 0.2) is 73.1 Å². The molecule has 0 radical (unpaired) electrons. The van der Waals surface area contributed by atoms with E-state index in [1.807, 2.05) is 32.9 Å². The van der Waals surface area contributed by atoms with E-state index in [-0.39, 0.29) is 28.6 Å². The molecule has 9 heteroatoms. The monoisotopic (exact) mass is 509 g/mol. The smallest absolute Gasteiger partial charge is 0.416 e. The molecule has 2 aromatic carbocycles. The Morgan fingerprint density at radius 2 is 1.59 bits per heavy atom. The first kappa shape index (κ1) is 25.9. The Morgan fingerprint density at radius 1 is 0.946 bits per heavy atom. The third-order valence-corrected chi connectivity index (χ3v) is 6.57. The van der Waals surface area contributed by atoms with Crippen molar-refractivity contribution in [1.29, 1.82) is 0 Å². The fraction of sp³-hybridized carbons (Fsp3) is 0.250. The van der Waals surface area contributed by atoms with Gasteiger partial charge in [-0.05, 0) is 46.4 Å². The molecule has 1 unspecified atom stereocenters. The summed E-state index contributed by atoms with van der Waals surface area (Å²) < 4.78 is 42.4. The van der Waals surface area contributed by atoms with Gasteiger partial charge in [-0.15, -0.1) is 0 Å². The quantitative estimate of drug-likeness (QED) is 0.358.